The van der Waals surface area contributed by atoms with E-state index in [1.807, 2.05) is 45.9 Å². The molecule has 1 unspecified atom stereocenters. The van der Waals surface area contributed by atoms with Gasteiger partial charge in [-0.1, -0.05) is 4.40 Å². The third-order valence-electron chi connectivity index (χ3n) is 2.31. The van der Waals surface area contributed by atoms with Crippen molar-refractivity contribution >= 4 is 33.0 Å². The van der Waals surface area contributed by atoms with Crippen LogP contribution in [0.25, 0.3) is 0 Å². The van der Waals surface area contributed by atoms with Crippen molar-refractivity contribution in [3.05, 3.63) is 28.2 Å². The first-order valence-electron chi connectivity index (χ1n) is 5.57. The van der Waals surface area contributed by atoms with Gasteiger partial charge in [-0.05, 0) is 61.8 Å². The van der Waals surface area contributed by atoms with Crippen LogP contribution in [-0.4, -0.2) is 22.1 Å². The fourth-order valence-corrected chi connectivity index (χ4v) is 2.49. The summed E-state index contributed by atoms with van der Waals surface area (Å²) < 4.78 is 21.9. The van der Waals surface area contributed by atoms with Gasteiger partial charge in [-0.25, -0.2) is 0 Å². The Kier molecular flexibility index (Phi) is 5.25. The van der Waals surface area contributed by atoms with Crippen LogP contribution in [0.15, 0.2) is 27.1 Å². The number of hydrogen-bond acceptors (Lipinski definition) is 3. The number of hydrogen-bond donors (Lipinski definition) is 0. The lowest BCUT2D eigenvalue weighted by atomic mass is 10.1. The average Bonchev–Trinajstić information content (AvgIpc) is 2.27. The van der Waals surface area contributed by atoms with E-state index in [-0.39, 0.29) is 4.75 Å². The zero-order valence-electron chi connectivity index (χ0n) is 11.3. The Morgan fingerprint density at radius 1 is 1.39 bits per heavy atom. The highest BCUT2D eigenvalue weighted by Gasteiger charge is 2.27. The highest BCUT2D eigenvalue weighted by Crippen LogP contribution is 2.25. The molecule has 1 rings (SSSR count). The molecule has 100 valence electrons. The molecule has 0 radical (unpaired) electrons. The Balaban J connectivity index is 3.04. The summed E-state index contributed by atoms with van der Waals surface area (Å²) >= 11 is 2.22. The van der Waals surface area contributed by atoms with Crippen LogP contribution in [0.2, 0.25) is 0 Å². The maximum atomic E-state index is 12.0. The van der Waals surface area contributed by atoms with Crippen LogP contribution in [0.1, 0.15) is 33.3 Å². The Hall–Kier alpha value is -0.520. The second-order valence-electron chi connectivity index (χ2n) is 4.88. The second kappa shape index (κ2) is 6.08. The fourth-order valence-electron chi connectivity index (χ4n) is 1.23. The molecule has 0 amide bonds. The molecule has 0 saturated carbocycles. The summed E-state index contributed by atoms with van der Waals surface area (Å²) in [5, 5.41) is 0. The Labute approximate surface area is 120 Å². The van der Waals surface area contributed by atoms with Gasteiger partial charge in [0.25, 0.3) is 0 Å². The van der Waals surface area contributed by atoms with Crippen molar-refractivity contribution in [2.24, 2.45) is 4.40 Å². The van der Waals surface area contributed by atoms with Crippen molar-refractivity contribution < 1.29 is 9.29 Å². The molecule has 18 heavy (non-hydrogen) atoms. The summed E-state index contributed by atoms with van der Waals surface area (Å²) in [5.74, 6) is 0.773. The standard InChI is InChI=1S/C13H18BrNO2S/c1-9(15-18(16)13(2,3)4)11-7-6-10(17-5)8-12(11)14/h6-8H,1-5H3. The van der Waals surface area contributed by atoms with E-state index in [4.69, 9.17) is 4.74 Å². The monoisotopic (exact) mass is 331 g/mol. The summed E-state index contributed by atoms with van der Waals surface area (Å²) in [6.45, 7) is 7.57. The minimum atomic E-state index is -1.25. The summed E-state index contributed by atoms with van der Waals surface area (Å²) in [7, 11) is 1.62. The summed E-state index contributed by atoms with van der Waals surface area (Å²) in [4.78, 5) is 0. The smallest absolute Gasteiger partial charge is 0.144 e. The number of nitrogens with zero attached hydrogens (tertiary/aromatic N) is 1. The predicted molar refractivity (Wildman–Crippen MR) is 80.8 cm³/mol. The molecule has 0 spiro atoms. The quantitative estimate of drug-likeness (QED) is 0.625. The van der Waals surface area contributed by atoms with Gasteiger partial charge < -0.3 is 9.29 Å². The summed E-state index contributed by atoms with van der Waals surface area (Å²) in [5.41, 5.74) is 1.67. The minimum Gasteiger partial charge on any atom is -0.591 e. The Morgan fingerprint density at radius 3 is 2.44 bits per heavy atom. The molecule has 0 saturated heterocycles. The zero-order chi connectivity index (χ0) is 13.9. The van der Waals surface area contributed by atoms with Gasteiger partial charge in [0.05, 0.1) is 12.8 Å². The van der Waals surface area contributed by atoms with Crippen LogP contribution in [0, 0.1) is 0 Å². The third kappa shape index (κ3) is 4.00. The SMILES string of the molecule is COc1ccc(C(C)=N[S+]([O-])C(C)(C)C)c(Br)c1. The zero-order valence-corrected chi connectivity index (χ0v) is 13.7. The molecule has 5 heteroatoms. The van der Waals surface area contributed by atoms with E-state index in [2.05, 4.69) is 20.3 Å². The largest absolute Gasteiger partial charge is 0.591 e. The molecule has 1 aromatic carbocycles. The molecule has 3 nitrogen and oxygen atoms in total. The molecule has 1 aromatic rings. The molecule has 1 atom stereocenters. The van der Waals surface area contributed by atoms with Gasteiger partial charge in [0, 0.05) is 10.0 Å². The van der Waals surface area contributed by atoms with E-state index in [1.54, 1.807) is 7.11 Å². The normalized spacial score (nSPS) is 14.5. The molecule has 0 heterocycles. The lowest BCUT2D eigenvalue weighted by molar-refractivity contribution is 0.414. The average molecular weight is 332 g/mol. The van der Waals surface area contributed by atoms with Crippen molar-refractivity contribution in [3.63, 3.8) is 0 Å². The Morgan fingerprint density at radius 2 is 2.00 bits per heavy atom. The van der Waals surface area contributed by atoms with Crippen molar-refractivity contribution in [2.75, 3.05) is 7.11 Å². The molecule has 0 N–H and O–H groups in total. The maximum Gasteiger partial charge on any atom is 0.144 e. The van der Waals surface area contributed by atoms with Crippen molar-refractivity contribution in [2.45, 2.75) is 32.4 Å². The predicted octanol–water partition coefficient (Wildman–Crippen LogP) is 3.73. The van der Waals surface area contributed by atoms with Crippen LogP contribution in [0.5, 0.6) is 5.75 Å². The number of halogens is 1. The Bertz CT molecular complexity index is 455. The molecule has 0 bridgehead atoms. The summed E-state index contributed by atoms with van der Waals surface area (Å²) in [6.07, 6.45) is 0. The van der Waals surface area contributed by atoms with E-state index >= 15 is 0 Å². The van der Waals surface area contributed by atoms with Crippen molar-refractivity contribution in [1.29, 1.82) is 0 Å². The van der Waals surface area contributed by atoms with Gasteiger partial charge in [0.2, 0.25) is 0 Å². The molecule has 0 aliphatic heterocycles. The van der Waals surface area contributed by atoms with Crippen LogP contribution in [0.4, 0.5) is 0 Å². The minimum absolute atomic E-state index is 0.347. The van der Waals surface area contributed by atoms with E-state index in [0.29, 0.717) is 0 Å². The fraction of sp³-hybridized carbons (Fsp3) is 0.462. The lowest BCUT2D eigenvalue weighted by Crippen LogP contribution is -2.26. The summed E-state index contributed by atoms with van der Waals surface area (Å²) in [6, 6.07) is 5.63. The first-order chi connectivity index (χ1) is 8.25. The molecule has 0 fully saturated rings. The van der Waals surface area contributed by atoms with Gasteiger partial charge in [0.15, 0.2) is 0 Å². The number of ether oxygens (including phenoxy) is 1. The molecule has 0 aliphatic carbocycles. The van der Waals surface area contributed by atoms with Gasteiger partial charge in [0.1, 0.15) is 21.9 Å². The second-order valence-corrected chi connectivity index (χ2v) is 7.64. The number of rotatable bonds is 3. The van der Waals surface area contributed by atoms with E-state index in [0.717, 1.165) is 21.5 Å². The van der Waals surface area contributed by atoms with Crippen LogP contribution < -0.4 is 4.74 Å². The van der Waals surface area contributed by atoms with Crippen molar-refractivity contribution in [3.8, 4) is 5.75 Å². The molecular formula is C13H18BrNO2S. The van der Waals surface area contributed by atoms with Crippen LogP contribution in [-0.2, 0) is 11.4 Å². The molecule has 0 aliphatic rings. The first kappa shape index (κ1) is 15.5. The van der Waals surface area contributed by atoms with E-state index < -0.39 is 11.4 Å². The van der Waals surface area contributed by atoms with Gasteiger partial charge >= 0.3 is 0 Å². The van der Waals surface area contributed by atoms with Gasteiger partial charge in [-0.2, -0.15) is 0 Å². The third-order valence-corrected chi connectivity index (χ3v) is 4.45. The molecular weight excluding hydrogens is 314 g/mol. The number of methoxy groups -OCH3 is 1. The topological polar surface area (TPSA) is 44.6 Å². The highest BCUT2D eigenvalue weighted by molar-refractivity contribution is 9.10. The van der Waals surface area contributed by atoms with Crippen molar-refractivity contribution in [1.82, 2.24) is 0 Å². The lowest BCUT2D eigenvalue weighted by Gasteiger charge is -2.19. The van der Waals surface area contributed by atoms with Crippen LogP contribution in [0.3, 0.4) is 0 Å². The van der Waals surface area contributed by atoms with Crippen LogP contribution >= 0.6 is 15.9 Å². The maximum absolute atomic E-state index is 12.0. The molecule has 0 aromatic heterocycles. The highest BCUT2D eigenvalue weighted by atomic mass is 79.9. The first-order valence-corrected chi connectivity index (χ1v) is 7.47. The van der Waals surface area contributed by atoms with E-state index in [1.165, 1.54) is 0 Å². The van der Waals surface area contributed by atoms with E-state index in [9.17, 15) is 4.55 Å². The van der Waals surface area contributed by atoms with Gasteiger partial charge in [-0.15, -0.1) is 0 Å². The number of benzene rings is 1. The van der Waals surface area contributed by atoms with Gasteiger partial charge in [-0.3, -0.25) is 0 Å².